The van der Waals surface area contributed by atoms with Gasteiger partial charge in [-0.3, -0.25) is 9.59 Å². The van der Waals surface area contributed by atoms with E-state index in [1.54, 1.807) is 25.3 Å². The molecule has 12 heteroatoms. The van der Waals surface area contributed by atoms with Gasteiger partial charge in [0.1, 0.15) is 6.54 Å². The van der Waals surface area contributed by atoms with Gasteiger partial charge in [0.25, 0.3) is 5.56 Å². The number of halogens is 1. The molecule has 0 aliphatic rings. The van der Waals surface area contributed by atoms with Crippen LogP contribution in [0.25, 0.3) is 10.6 Å². The van der Waals surface area contributed by atoms with Crippen molar-refractivity contribution in [2.24, 2.45) is 0 Å². The zero-order chi connectivity index (χ0) is 21.9. The number of hydrogen-bond donors (Lipinski definition) is 1. The van der Waals surface area contributed by atoms with Crippen LogP contribution < -0.4 is 10.9 Å². The largest absolute Gasteiger partial charge is 0.305 e. The molecule has 0 saturated heterocycles. The highest BCUT2D eigenvalue weighted by Crippen LogP contribution is 2.32. The quantitative estimate of drug-likeness (QED) is 0.526. The van der Waals surface area contributed by atoms with E-state index in [-0.39, 0.29) is 11.4 Å². The van der Waals surface area contributed by atoms with E-state index in [2.05, 4.69) is 10.3 Å². The van der Waals surface area contributed by atoms with E-state index < -0.39 is 21.5 Å². The van der Waals surface area contributed by atoms with E-state index in [1.165, 1.54) is 39.2 Å². The minimum atomic E-state index is -3.74. The highest BCUT2D eigenvalue weighted by molar-refractivity contribution is 7.89. The minimum Gasteiger partial charge on any atom is -0.305 e. The molecule has 3 heterocycles. The molecule has 0 aliphatic heterocycles. The molecule has 1 amide bonds. The SMILES string of the molecule is CCN(CC)S(=O)(=O)c1ccc(=O)n(CC(=O)Nc2nc(-c3ccc(Cl)s3)cs2)c1. The van der Waals surface area contributed by atoms with Crippen LogP contribution in [0, 0.1) is 0 Å². The smallest absolute Gasteiger partial charge is 0.251 e. The van der Waals surface area contributed by atoms with Crippen molar-refractivity contribution < 1.29 is 13.2 Å². The van der Waals surface area contributed by atoms with Gasteiger partial charge in [0.15, 0.2) is 5.13 Å². The van der Waals surface area contributed by atoms with Gasteiger partial charge in [0.05, 0.1) is 19.8 Å². The fourth-order valence-electron chi connectivity index (χ4n) is 2.71. The molecular weight excluding hydrogens is 468 g/mol. The van der Waals surface area contributed by atoms with Gasteiger partial charge in [-0.2, -0.15) is 4.31 Å². The number of pyridine rings is 1. The van der Waals surface area contributed by atoms with Crippen molar-refractivity contribution in [1.82, 2.24) is 13.9 Å². The number of rotatable bonds is 8. The molecule has 1 N–H and O–H groups in total. The highest BCUT2D eigenvalue weighted by Gasteiger charge is 2.22. The number of nitrogens with zero attached hydrogens (tertiary/aromatic N) is 3. The molecular formula is C18H19ClN4O4S3. The van der Waals surface area contributed by atoms with E-state index in [9.17, 15) is 18.0 Å². The van der Waals surface area contributed by atoms with Crippen molar-refractivity contribution in [2.75, 3.05) is 18.4 Å². The number of anilines is 1. The van der Waals surface area contributed by atoms with Gasteiger partial charge in [-0.05, 0) is 18.2 Å². The second kappa shape index (κ2) is 9.40. The fourth-order valence-corrected chi connectivity index (χ4v) is 5.99. The first kappa shape index (κ1) is 22.6. The number of thiazole rings is 1. The lowest BCUT2D eigenvalue weighted by Gasteiger charge is -2.18. The predicted octanol–water partition coefficient (Wildman–Crippen LogP) is 3.36. The monoisotopic (exact) mass is 486 g/mol. The van der Waals surface area contributed by atoms with Crippen LogP contribution >= 0.6 is 34.3 Å². The first-order valence-electron chi connectivity index (χ1n) is 8.96. The second-order valence-electron chi connectivity index (χ2n) is 6.11. The second-order valence-corrected chi connectivity index (χ2v) is 10.6. The van der Waals surface area contributed by atoms with Crippen LogP contribution in [0.3, 0.4) is 0 Å². The van der Waals surface area contributed by atoms with Gasteiger partial charge in [0, 0.05) is 30.7 Å². The van der Waals surface area contributed by atoms with Crippen molar-refractivity contribution in [3.05, 3.63) is 50.5 Å². The molecule has 0 unspecified atom stereocenters. The van der Waals surface area contributed by atoms with Crippen molar-refractivity contribution >= 4 is 55.3 Å². The summed E-state index contributed by atoms with van der Waals surface area (Å²) in [6.45, 7) is 3.74. The van der Waals surface area contributed by atoms with Crippen LogP contribution in [-0.2, 0) is 21.4 Å². The molecule has 160 valence electrons. The number of nitrogens with one attached hydrogen (secondary N) is 1. The first-order valence-corrected chi connectivity index (χ1v) is 12.5. The minimum absolute atomic E-state index is 0.0373. The number of sulfonamides is 1. The van der Waals surface area contributed by atoms with Crippen molar-refractivity contribution in [3.63, 3.8) is 0 Å². The average Bonchev–Trinajstić information content (AvgIpc) is 3.33. The highest BCUT2D eigenvalue weighted by atomic mass is 35.5. The van der Waals surface area contributed by atoms with Crippen molar-refractivity contribution in [3.8, 4) is 10.6 Å². The summed E-state index contributed by atoms with van der Waals surface area (Å²) in [6.07, 6.45) is 1.19. The summed E-state index contributed by atoms with van der Waals surface area (Å²) < 4.78 is 28.3. The van der Waals surface area contributed by atoms with E-state index in [0.717, 1.165) is 15.5 Å². The predicted molar refractivity (Wildman–Crippen MR) is 120 cm³/mol. The maximum absolute atomic E-state index is 12.7. The number of hydrogen-bond acceptors (Lipinski definition) is 7. The Balaban J connectivity index is 1.76. The van der Waals surface area contributed by atoms with E-state index in [1.807, 2.05) is 6.07 Å². The topological polar surface area (TPSA) is 101 Å². The van der Waals surface area contributed by atoms with Gasteiger partial charge < -0.3 is 9.88 Å². The Bertz CT molecular complexity index is 1210. The molecule has 0 aromatic carbocycles. The maximum Gasteiger partial charge on any atom is 0.251 e. The third kappa shape index (κ3) is 4.98. The van der Waals surface area contributed by atoms with Gasteiger partial charge in [-0.1, -0.05) is 25.4 Å². The Hall–Kier alpha value is -2.05. The summed E-state index contributed by atoms with van der Waals surface area (Å²) in [6, 6.07) is 6.01. The van der Waals surface area contributed by atoms with Crippen LogP contribution in [-0.4, -0.2) is 41.3 Å². The Morgan fingerprint density at radius 3 is 2.60 bits per heavy atom. The summed E-state index contributed by atoms with van der Waals surface area (Å²) in [5.41, 5.74) is 0.216. The zero-order valence-electron chi connectivity index (χ0n) is 16.2. The Morgan fingerprint density at radius 2 is 1.97 bits per heavy atom. The first-order chi connectivity index (χ1) is 14.2. The molecule has 8 nitrogen and oxygen atoms in total. The third-order valence-electron chi connectivity index (χ3n) is 4.19. The number of amides is 1. The molecule has 0 bridgehead atoms. The third-order valence-corrected chi connectivity index (χ3v) is 8.23. The number of carbonyl (C=O) groups is 1. The lowest BCUT2D eigenvalue weighted by molar-refractivity contribution is -0.116. The van der Waals surface area contributed by atoms with Crippen molar-refractivity contribution in [1.29, 1.82) is 0 Å². The Labute approximate surface area is 186 Å². The summed E-state index contributed by atoms with van der Waals surface area (Å²) in [7, 11) is -3.74. The van der Waals surface area contributed by atoms with Gasteiger partial charge >= 0.3 is 0 Å². The lowest BCUT2D eigenvalue weighted by atomic mass is 10.4. The Kier molecular flexibility index (Phi) is 7.09. The Morgan fingerprint density at radius 1 is 1.23 bits per heavy atom. The van der Waals surface area contributed by atoms with Crippen LogP contribution in [0.2, 0.25) is 4.34 Å². The molecule has 0 aliphatic carbocycles. The molecule has 0 radical (unpaired) electrons. The molecule has 3 rings (SSSR count). The van der Waals surface area contributed by atoms with Gasteiger partial charge in [-0.15, -0.1) is 22.7 Å². The van der Waals surface area contributed by atoms with Gasteiger partial charge in [0.2, 0.25) is 15.9 Å². The van der Waals surface area contributed by atoms with Crippen LogP contribution in [0.4, 0.5) is 5.13 Å². The maximum atomic E-state index is 12.7. The van der Waals surface area contributed by atoms with E-state index >= 15 is 0 Å². The molecule has 0 fully saturated rings. The average molecular weight is 487 g/mol. The summed E-state index contributed by atoms with van der Waals surface area (Å²) in [4.78, 5) is 29.7. The van der Waals surface area contributed by atoms with Crippen LogP contribution in [0.5, 0.6) is 0 Å². The number of carbonyl (C=O) groups excluding carboxylic acids is 1. The standard InChI is InChI=1S/C18H19ClN4O4S3/c1-3-23(4-2)30(26,27)12-5-8-17(25)22(9-12)10-16(24)21-18-20-13(11-28-18)14-6-7-15(19)29-14/h5-9,11H,3-4,10H2,1-2H3,(H,20,21,24). The van der Waals surface area contributed by atoms with E-state index in [4.69, 9.17) is 11.6 Å². The molecule has 3 aromatic heterocycles. The number of thiophene rings is 1. The molecule has 0 spiro atoms. The van der Waals surface area contributed by atoms with Gasteiger partial charge in [-0.25, -0.2) is 13.4 Å². The van der Waals surface area contributed by atoms with E-state index in [0.29, 0.717) is 28.3 Å². The summed E-state index contributed by atoms with van der Waals surface area (Å²) in [5, 5.41) is 4.81. The van der Waals surface area contributed by atoms with Crippen LogP contribution in [0.1, 0.15) is 13.8 Å². The molecule has 30 heavy (non-hydrogen) atoms. The fraction of sp³-hybridized carbons (Fsp3) is 0.278. The summed E-state index contributed by atoms with van der Waals surface area (Å²) >= 11 is 8.56. The summed E-state index contributed by atoms with van der Waals surface area (Å²) in [5.74, 6) is -0.486. The number of aromatic nitrogens is 2. The lowest BCUT2D eigenvalue weighted by Crippen LogP contribution is -2.33. The molecule has 3 aromatic rings. The zero-order valence-corrected chi connectivity index (χ0v) is 19.4. The van der Waals surface area contributed by atoms with Crippen molar-refractivity contribution in [2.45, 2.75) is 25.3 Å². The normalized spacial score (nSPS) is 11.7. The molecule has 0 saturated carbocycles. The van der Waals surface area contributed by atoms with Crippen LogP contribution in [0.15, 0.2) is 45.5 Å². The molecule has 0 atom stereocenters.